The standard InChI is InChI=1S/C29H23F4N7O2/c1-2-39-27-24(22(16-35-38-34)37-40(27)21-9-4-3-5-10-21)23(17-11-13-20(30)14-12-17)25(28(39)42)36-26(41)18-7-6-8-19(15-18)29(31,32)33/h3-15,23,25H,2,16H2,1H3,(H,36,41)/t23-,25+/m0/s1. The number of benzene rings is 3. The van der Waals surface area contributed by atoms with Gasteiger partial charge in [-0.25, -0.2) is 9.07 Å². The first kappa shape index (κ1) is 28.4. The van der Waals surface area contributed by atoms with Crippen LogP contribution in [0.25, 0.3) is 16.1 Å². The van der Waals surface area contributed by atoms with Crippen molar-refractivity contribution in [3.63, 3.8) is 0 Å². The van der Waals surface area contributed by atoms with Crippen LogP contribution < -0.4 is 10.2 Å². The van der Waals surface area contributed by atoms with Gasteiger partial charge in [-0.05, 0) is 60.5 Å². The minimum atomic E-state index is -4.68. The molecule has 2 amide bonds. The molecule has 0 bridgehead atoms. The number of carbonyl (C=O) groups is 2. The molecular weight excluding hydrogens is 554 g/mol. The third kappa shape index (κ3) is 5.29. The maximum absolute atomic E-state index is 14.1. The van der Waals surface area contributed by atoms with E-state index < -0.39 is 41.3 Å². The fourth-order valence-electron chi connectivity index (χ4n) is 5.13. The normalized spacial score (nSPS) is 16.5. The number of aromatic nitrogens is 2. The number of hydrogen-bond acceptors (Lipinski definition) is 4. The van der Waals surface area contributed by atoms with Crippen molar-refractivity contribution in [1.82, 2.24) is 15.1 Å². The summed E-state index contributed by atoms with van der Waals surface area (Å²) in [6.07, 6.45) is -4.68. The molecule has 0 radical (unpaired) electrons. The number of para-hydroxylation sites is 1. The maximum atomic E-state index is 14.1. The summed E-state index contributed by atoms with van der Waals surface area (Å²) in [4.78, 5) is 31.7. The molecule has 0 aliphatic carbocycles. The first-order valence-corrected chi connectivity index (χ1v) is 12.9. The van der Waals surface area contributed by atoms with E-state index in [1.54, 1.807) is 35.9 Å². The molecule has 1 N–H and O–H groups in total. The third-order valence-corrected chi connectivity index (χ3v) is 6.97. The van der Waals surface area contributed by atoms with Gasteiger partial charge in [0.05, 0.1) is 23.5 Å². The molecule has 4 aromatic rings. The van der Waals surface area contributed by atoms with Crippen LogP contribution in [0.5, 0.6) is 0 Å². The van der Waals surface area contributed by atoms with Gasteiger partial charge in [0.15, 0.2) is 0 Å². The molecule has 1 aromatic heterocycles. The minimum absolute atomic E-state index is 0.150. The highest BCUT2D eigenvalue weighted by atomic mass is 19.4. The van der Waals surface area contributed by atoms with Crippen LogP contribution in [-0.2, 0) is 17.5 Å². The zero-order chi connectivity index (χ0) is 30.0. The summed E-state index contributed by atoms with van der Waals surface area (Å²) in [6.45, 7) is 1.68. The Morgan fingerprint density at radius 2 is 1.79 bits per heavy atom. The highest BCUT2D eigenvalue weighted by molar-refractivity contribution is 6.05. The van der Waals surface area contributed by atoms with Gasteiger partial charge in [-0.2, -0.15) is 18.3 Å². The number of nitrogens with one attached hydrogen (secondary N) is 1. The third-order valence-electron chi connectivity index (χ3n) is 6.97. The maximum Gasteiger partial charge on any atom is 0.416 e. The van der Waals surface area contributed by atoms with E-state index in [0.29, 0.717) is 34.4 Å². The smallest absolute Gasteiger partial charge is 0.339 e. The summed E-state index contributed by atoms with van der Waals surface area (Å²) < 4.78 is 55.6. The molecule has 13 heteroatoms. The number of fused-ring (bicyclic) bond motifs is 1. The number of rotatable bonds is 7. The van der Waals surface area contributed by atoms with E-state index in [2.05, 4.69) is 20.4 Å². The van der Waals surface area contributed by atoms with E-state index in [4.69, 9.17) is 5.53 Å². The summed E-state index contributed by atoms with van der Waals surface area (Å²) in [5.41, 5.74) is 9.56. The quantitative estimate of drug-likeness (QED) is 0.123. The van der Waals surface area contributed by atoms with Gasteiger partial charge in [0.2, 0.25) is 0 Å². The van der Waals surface area contributed by atoms with Crippen molar-refractivity contribution in [3.05, 3.63) is 123 Å². The Balaban J connectivity index is 1.70. The van der Waals surface area contributed by atoms with Crippen LogP contribution in [0.15, 0.2) is 84.0 Å². The van der Waals surface area contributed by atoms with Crippen LogP contribution >= 0.6 is 0 Å². The average molecular weight is 578 g/mol. The van der Waals surface area contributed by atoms with Gasteiger partial charge in [-0.3, -0.25) is 14.5 Å². The summed E-state index contributed by atoms with van der Waals surface area (Å²) in [5.74, 6) is -2.57. The van der Waals surface area contributed by atoms with E-state index in [1.165, 1.54) is 35.2 Å². The Bertz CT molecular complexity index is 1680. The Morgan fingerprint density at radius 3 is 2.43 bits per heavy atom. The monoisotopic (exact) mass is 577 g/mol. The molecule has 42 heavy (non-hydrogen) atoms. The average Bonchev–Trinajstić information content (AvgIpc) is 3.36. The number of anilines is 1. The van der Waals surface area contributed by atoms with Crippen LogP contribution in [0.3, 0.4) is 0 Å². The molecule has 0 spiro atoms. The van der Waals surface area contributed by atoms with Crippen molar-refractivity contribution >= 4 is 17.6 Å². The molecule has 3 aromatic carbocycles. The molecule has 2 heterocycles. The fraction of sp³-hybridized carbons (Fsp3) is 0.207. The fourth-order valence-corrected chi connectivity index (χ4v) is 5.13. The van der Waals surface area contributed by atoms with Gasteiger partial charge in [0.25, 0.3) is 11.8 Å². The number of amides is 2. The number of halogens is 4. The van der Waals surface area contributed by atoms with E-state index in [1.807, 2.05) is 6.07 Å². The van der Waals surface area contributed by atoms with Crippen molar-refractivity contribution in [3.8, 4) is 5.69 Å². The molecule has 1 aliphatic rings. The summed E-state index contributed by atoms with van der Waals surface area (Å²) in [6, 6.07) is 16.8. The van der Waals surface area contributed by atoms with Crippen molar-refractivity contribution in [2.45, 2.75) is 31.6 Å². The zero-order valence-corrected chi connectivity index (χ0v) is 22.1. The van der Waals surface area contributed by atoms with Crippen molar-refractivity contribution in [2.75, 3.05) is 11.4 Å². The first-order chi connectivity index (χ1) is 20.1. The number of likely N-dealkylation sites (N-methyl/N-ethyl adjacent to an activating group) is 1. The van der Waals surface area contributed by atoms with E-state index >= 15 is 0 Å². The second-order valence-corrected chi connectivity index (χ2v) is 9.46. The Hall–Kier alpha value is -5.16. The first-order valence-electron chi connectivity index (χ1n) is 12.9. The predicted octanol–water partition coefficient (Wildman–Crippen LogP) is 6.14. The Morgan fingerprint density at radius 1 is 1.07 bits per heavy atom. The lowest BCUT2D eigenvalue weighted by Crippen LogP contribution is -2.55. The molecule has 0 unspecified atom stereocenters. The van der Waals surface area contributed by atoms with Gasteiger partial charge in [0.1, 0.15) is 17.7 Å². The topological polar surface area (TPSA) is 116 Å². The number of hydrogen-bond donors (Lipinski definition) is 1. The highest BCUT2D eigenvalue weighted by Gasteiger charge is 2.46. The highest BCUT2D eigenvalue weighted by Crippen LogP contribution is 2.44. The molecule has 5 rings (SSSR count). The lowest BCUT2D eigenvalue weighted by Gasteiger charge is -2.38. The minimum Gasteiger partial charge on any atom is -0.339 e. The molecule has 1 aliphatic heterocycles. The van der Waals surface area contributed by atoms with Crippen LogP contribution in [-0.4, -0.2) is 34.2 Å². The molecule has 0 saturated heterocycles. The lowest BCUT2D eigenvalue weighted by atomic mass is 9.80. The lowest BCUT2D eigenvalue weighted by molar-refractivity contribution is -0.137. The van der Waals surface area contributed by atoms with E-state index in [-0.39, 0.29) is 18.7 Å². The molecule has 214 valence electrons. The van der Waals surface area contributed by atoms with Gasteiger partial charge in [-0.1, -0.05) is 41.5 Å². The van der Waals surface area contributed by atoms with Crippen LogP contribution in [0.2, 0.25) is 0 Å². The van der Waals surface area contributed by atoms with Crippen LogP contribution in [0, 0.1) is 5.82 Å². The number of carbonyl (C=O) groups excluding carboxylic acids is 2. The summed E-state index contributed by atoms with van der Waals surface area (Å²) >= 11 is 0. The van der Waals surface area contributed by atoms with E-state index in [0.717, 1.165) is 12.1 Å². The number of azide groups is 1. The SMILES string of the molecule is CCN1C(=O)[C@H](NC(=O)c2cccc(C(F)(F)F)c2)[C@@H](c2ccc(F)cc2)c2c(CN=[N+]=[N-])nn(-c3ccccc3)c21. The molecular formula is C29H23F4N7O2. The summed E-state index contributed by atoms with van der Waals surface area (Å²) in [7, 11) is 0. The molecule has 0 saturated carbocycles. The largest absolute Gasteiger partial charge is 0.416 e. The number of alkyl halides is 3. The molecule has 0 fully saturated rings. The van der Waals surface area contributed by atoms with Crippen molar-refractivity contribution in [1.29, 1.82) is 0 Å². The predicted molar refractivity (Wildman–Crippen MR) is 145 cm³/mol. The van der Waals surface area contributed by atoms with E-state index in [9.17, 15) is 27.2 Å². The van der Waals surface area contributed by atoms with Gasteiger partial charge >= 0.3 is 6.18 Å². The van der Waals surface area contributed by atoms with Gasteiger partial charge < -0.3 is 5.32 Å². The van der Waals surface area contributed by atoms with Crippen molar-refractivity contribution < 1.29 is 27.2 Å². The molecule has 2 atom stereocenters. The van der Waals surface area contributed by atoms with Crippen LogP contribution in [0.4, 0.5) is 23.4 Å². The number of nitrogens with zero attached hydrogens (tertiary/aromatic N) is 6. The Kier molecular flexibility index (Phi) is 7.68. The summed E-state index contributed by atoms with van der Waals surface area (Å²) in [5, 5.41) is 11.0. The van der Waals surface area contributed by atoms with Crippen molar-refractivity contribution in [2.24, 2.45) is 5.11 Å². The second-order valence-electron chi connectivity index (χ2n) is 9.46. The van der Waals surface area contributed by atoms with Gasteiger partial charge in [-0.15, -0.1) is 0 Å². The van der Waals surface area contributed by atoms with Gasteiger partial charge in [0, 0.05) is 28.5 Å². The van der Waals surface area contributed by atoms with Crippen LogP contribution in [0.1, 0.15) is 45.6 Å². The molecule has 9 nitrogen and oxygen atoms in total. The second kappa shape index (κ2) is 11.4. The zero-order valence-electron chi connectivity index (χ0n) is 22.1. The Labute approximate surface area is 237 Å².